The molecule has 126 valence electrons. The summed E-state index contributed by atoms with van der Waals surface area (Å²) >= 11 is 5.68. The van der Waals surface area contributed by atoms with Gasteiger partial charge in [0.15, 0.2) is 0 Å². The van der Waals surface area contributed by atoms with Gasteiger partial charge >= 0.3 is 0 Å². The lowest BCUT2D eigenvalue weighted by molar-refractivity contribution is 0.566. The quantitative estimate of drug-likeness (QED) is 0.314. The summed E-state index contributed by atoms with van der Waals surface area (Å²) in [6.45, 7) is 0.683. The van der Waals surface area contributed by atoms with Crippen LogP contribution in [0, 0.1) is 23.3 Å². The van der Waals surface area contributed by atoms with Crippen molar-refractivity contribution in [3.8, 4) is 0 Å². The van der Waals surface area contributed by atoms with Crippen LogP contribution in [0.2, 0.25) is 0 Å². The monoisotopic (exact) mass is 464 g/mol. The largest absolute Gasteiger partial charge is 0.384 e. The molecule has 24 heavy (non-hydrogen) atoms. The first-order chi connectivity index (χ1) is 11.4. The van der Waals surface area contributed by atoms with Crippen LogP contribution in [0.15, 0.2) is 33.3 Å². The van der Waals surface area contributed by atoms with Crippen molar-refractivity contribution in [2.24, 2.45) is 0 Å². The highest BCUT2D eigenvalue weighted by Crippen LogP contribution is 2.32. The highest BCUT2D eigenvalue weighted by Gasteiger charge is 2.19. The lowest BCUT2D eigenvalue weighted by Gasteiger charge is -2.03. The molecule has 1 aliphatic rings. The van der Waals surface area contributed by atoms with Gasteiger partial charge in [-0.15, -0.1) is 0 Å². The van der Waals surface area contributed by atoms with Crippen molar-refractivity contribution in [3.63, 3.8) is 0 Å². The fourth-order valence-corrected chi connectivity index (χ4v) is 3.15. The Morgan fingerprint density at radius 1 is 0.917 bits per heavy atom. The Hall–Kier alpha value is -1.54. The minimum atomic E-state index is -0.595. The van der Waals surface area contributed by atoms with Crippen LogP contribution < -0.4 is 5.32 Å². The van der Waals surface area contributed by atoms with Crippen LogP contribution in [0.1, 0.15) is 5.56 Å². The second kappa shape index (κ2) is 6.76. The Labute approximate surface area is 151 Å². The predicted molar refractivity (Wildman–Crippen MR) is 92.2 cm³/mol. The Balaban J connectivity index is 0.000000141. The molecule has 1 aromatic heterocycles. The Morgan fingerprint density at radius 3 is 2.33 bits per heavy atom. The fourth-order valence-electron chi connectivity index (χ4n) is 2.46. The maximum absolute atomic E-state index is 13.2. The molecule has 0 unspecified atom stereocenters. The smallest absolute Gasteiger partial charge is 0.149 e. The van der Waals surface area contributed by atoms with Gasteiger partial charge in [-0.25, -0.2) is 17.6 Å². The molecule has 2 heterocycles. The average molecular weight is 466 g/mol. The van der Waals surface area contributed by atoms with Crippen LogP contribution in [0.3, 0.4) is 0 Å². The van der Waals surface area contributed by atoms with E-state index in [0.29, 0.717) is 35.1 Å². The van der Waals surface area contributed by atoms with E-state index < -0.39 is 23.3 Å². The highest BCUT2D eigenvalue weighted by atomic mass is 79.9. The summed E-state index contributed by atoms with van der Waals surface area (Å²) in [6, 6.07) is 4.13. The molecule has 2 nitrogen and oxygen atoms in total. The molecule has 3 aromatic rings. The zero-order valence-corrected chi connectivity index (χ0v) is 15.2. The van der Waals surface area contributed by atoms with Crippen LogP contribution in [-0.2, 0) is 6.42 Å². The van der Waals surface area contributed by atoms with Gasteiger partial charge in [0.1, 0.15) is 23.3 Å². The number of hydrogen-bond donors (Lipinski definition) is 2. The van der Waals surface area contributed by atoms with E-state index in [9.17, 15) is 17.6 Å². The molecule has 8 heteroatoms. The van der Waals surface area contributed by atoms with Gasteiger partial charge in [-0.2, -0.15) is 0 Å². The lowest BCUT2D eigenvalue weighted by Crippen LogP contribution is -1.92. The molecule has 0 aliphatic carbocycles. The zero-order valence-electron chi connectivity index (χ0n) is 12.0. The van der Waals surface area contributed by atoms with E-state index in [4.69, 9.17) is 0 Å². The lowest BCUT2D eigenvalue weighted by atomic mass is 10.1. The Morgan fingerprint density at radius 2 is 1.58 bits per heavy atom. The van der Waals surface area contributed by atoms with Gasteiger partial charge in [0.25, 0.3) is 0 Å². The number of aromatic nitrogens is 1. The number of H-pyrrole nitrogens is 1. The van der Waals surface area contributed by atoms with Crippen LogP contribution in [0.25, 0.3) is 10.9 Å². The number of fused-ring (bicyclic) bond motifs is 2. The van der Waals surface area contributed by atoms with Gasteiger partial charge in [0.05, 0.1) is 14.5 Å². The second-order valence-electron chi connectivity index (χ2n) is 5.11. The van der Waals surface area contributed by atoms with Crippen molar-refractivity contribution >= 4 is 48.5 Å². The molecule has 0 atom stereocenters. The van der Waals surface area contributed by atoms with Crippen molar-refractivity contribution in [1.29, 1.82) is 0 Å². The van der Waals surface area contributed by atoms with E-state index in [1.807, 2.05) is 0 Å². The predicted octanol–water partition coefficient (Wildman–Crippen LogP) is 5.90. The second-order valence-corrected chi connectivity index (χ2v) is 6.70. The van der Waals surface area contributed by atoms with E-state index >= 15 is 0 Å². The number of benzene rings is 2. The maximum Gasteiger partial charge on any atom is 0.149 e. The fraction of sp³-hybridized carbons (Fsp3) is 0.125. The number of anilines is 1. The third-order valence-corrected chi connectivity index (χ3v) is 5.10. The van der Waals surface area contributed by atoms with E-state index in [0.717, 1.165) is 0 Å². The molecule has 2 aromatic carbocycles. The van der Waals surface area contributed by atoms with Gasteiger partial charge in [0, 0.05) is 29.4 Å². The minimum Gasteiger partial charge on any atom is -0.384 e. The van der Waals surface area contributed by atoms with Gasteiger partial charge in [-0.05, 0) is 56.5 Å². The first kappa shape index (κ1) is 17.3. The van der Waals surface area contributed by atoms with Crippen LogP contribution in [0.5, 0.6) is 0 Å². The topological polar surface area (TPSA) is 27.8 Å². The molecular weight excluding hydrogens is 456 g/mol. The summed E-state index contributed by atoms with van der Waals surface area (Å²) in [5.41, 5.74) is 1.62. The van der Waals surface area contributed by atoms with Crippen molar-refractivity contribution in [2.45, 2.75) is 6.42 Å². The van der Waals surface area contributed by atoms with Gasteiger partial charge in [-0.3, -0.25) is 0 Å². The van der Waals surface area contributed by atoms with Gasteiger partial charge in [0.2, 0.25) is 0 Å². The van der Waals surface area contributed by atoms with Crippen molar-refractivity contribution in [3.05, 3.63) is 62.2 Å². The van der Waals surface area contributed by atoms with E-state index in [1.54, 1.807) is 12.3 Å². The number of rotatable bonds is 0. The van der Waals surface area contributed by atoms with Crippen LogP contribution in [0.4, 0.5) is 23.2 Å². The van der Waals surface area contributed by atoms with Crippen LogP contribution in [-0.4, -0.2) is 11.5 Å². The first-order valence-electron chi connectivity index (χ1n) is 6.91. The van der Waals surface area contributed by atoms with E-state index in [2.05, 4.69) is 42.2 Å². The normalized spacial score (nSPS) is 12.6. The highest BCUT2D eigenvalue weighted by molar-refractivity contribution is 9.10. The molecule has 0 spiro atoms. The molecule has 0 fully saturated rings. The average Bonchev–Trinajstić information content (AvgIpc) is 3.20. The summed E-state index contributed by atoms with van der Waals surface area (Å²) in [7, 11) is 0. The molecule has 0 amide bonds. The van der Waals surface area contributed by atoms with E-state index in [1.165, 1.54) is 12.1 Å². The third-order valence-electron chi connectivity index (χ3n) is 3.64. The molecule has 0 saturated heterocycles. The van der Waals surface area contributed by atoms with Crippen LogP contribution >= 0.6 is 31.9 Å². The number of halogens is 6. The summed E-state index contributed by atoms with van der Waals surface area (Å²) < 4.78 is 52.0. The van der Waals surface area contributed by atoms with Gasteiger partial charge in [-0.1, -0.05) is 0 Å². The van der Waals surface area contributed by atoms with E-state index in [-0.39, 0.29) is 8.95 Å². The summed E-state index contributed by atoms with van der Waals surface area (Å²) in [4.78, 5) is 2.73. The summed E-state index contributed by atoms with van der Waals surface area (Å²) in [5, 5.41) is 3.30. The zero-order chi connectivity index (χ0) is 17.4. The first-order valence-corrected chi connectivity index (χ1v) is 8.49. The number of aromatic amines is 1. The molecule has 2 N–H and O–H groups in total. The molecule has 1 aliphatic heterocycles. The molecule has 0 radical (unpaired) electrons. The molecule has 4 rings (SSSR count). The maximum atomic E-state index is 13.2. The molecule has 0 saturated carbocycles. The summed E-state index contributed by atoms with van der Waals surface area (Å²) in [6.07, 6.45) is 2.19. The Kier molecular flexibility index (Phi) is 4.87. The number of hydrogen-bond acceptors (Lipinski definition) is 1. The van der Waals surface area contributed by atoms with Crippen molar-refractivity contribution < 1.29 is 17.6 Å². The third kappa shape index (κ3) is 3.04. The molecular formula is C16H10Br2F4N2. The minimum absolute atomic E-state index is 0.0649. The SMILES string of the molecule is Fc1cc2[nH]ccc2c(F)c1Br.Fc1cc2c(c(F)c1Br)CCN2. The molecule has 0 bridgehead atoms. The standard InChI is InChI=1S/C8H6BrF2N.C8H4BrF2N/c2*9-7-5(10)3-6-4(8(7)11)1-2-12-6/h3,12H,1-2H2;1-3,12H. The van der Waals surface area contributed by atoms with Crippen molar-refractivity contribution in [2.75, 3.05) is 11.9 Å². The van der Waals surface area contributed by atoms with Crippen molar-refractivity contribution in [1.82, 2.24) is 4.98 Å². The number of nitrogens with one attached hydrogen (secondary N) is 2. The summed E-state index contributed by atoms with van der Waals surface area (Å²) in [5.74, 6) is -2.19. The Bertz CT molecular complexity index is 924. The van der Waals surface area contributed by atoms with Gasteiger partial charge < -0.3 is 10.3 Å².